The maximum Gasteiger partial charge on any atom is 0.332 e. The number of nitrogens with one attached hydrogen (secondary N) is 2. The molecule has 0 atom stereocenters. The number of fused-ring (bicyclic) bond motifs is 2. The van der Waals surface area contributed by atoms with Crippen LogP contribution in [0.3, 0.4) is 0 Å². The number of aryl methyl sites for hydroxylation is 1. The van der Waals surface area contributed by atoms with E-state index in [1.807, 2.05) is 13.0 Å². The zero-order valence-corrected chi connectivity index (χ0v) is 21.8. The van der Waals surface area contributed by atoms with Gasteiger partial charge >= 0.3 is 5.69 Å². The second-order valence-electron chi connectivity index (χ2n) is 9.95. The van der Waals surface area contributed by atoms with Crippen molar-refractivity contribution in [2.75, 3.05) is 5.32 Å². The third-order valence-corrected chi connectivity index (χ3v) is 10.0. The minimum atomic E-state index is -3.87. The molecule has 3 aromatic heterocycles. The van der Waals surface area contributed by atoms with Gasteiger partial charge in [0.1, 0.15) is 9.04 Å². The highest BCUT2D eigenvalue weighted by atomic mass is 32.2. The number of sulfonamides is 1. The van der Waals surface area contributed by atoms with Crippen molar-refractivity contribution in [1.82, 2.24) is 23.6 Å². The van der Waals surface area contributed by atoms with Crippen molar-refractivity contribution < 1.29 is 13.2 Å². The molecule has 1 aliphatic heterocycles. The lowest BCUT2D eigenvalue weighted by Crippen LogP contribution is -2.40. The molecule has 0 unspecified atom stereocenters. The SMILES string of the molecule is Cn1cc(Cn2c(=O)c3cc(S(=O)(=O)NC4(C)CC4)sc3n(Cc3ccc4c(c3)CC(=O)N4)c2=O)cn1. The van der Waals surface area contributed by atoms with Crippen LogP contribution < -0.4 is 21.3 Å². The molecule has 6 rings (SSSR count). The van der Waals surface area contributed by atoms with Gasteiger partial charge < -0.3 is 5.32 Å². The van der Waals surface area contributed by atoms with E-state index < -0.39 is 26.8 Å². The van der Waals surface area contributed by atoms with Crippen LogP contribution in [0.1, 0.15) is 36.5 Å². The van der Waals surface area contributed by atoms with Crippen LogP contribution in [0.25, 0.3) is 10.2 Å². The molecular weight excluding hydrogens is 516 g/mol. The van der Waals surface area contributed by atoms with Crippen LogP contribution in [-0.2, 0) is 41.4 Å². The van der Waals surface area contributed by atoms with Gasteiger partial charge in [-0.2, -0.15) is 5.10 Å². The number of hydrogen-bond donors (Lipinski definition) is 2. The molecular formula is C24H24N6O5S2. The highest BCUT2D eigenvalue weighted by Crippen LogP contribution is 2.37. The molecule has 0 bridgehead atoms. The first-order valence-corrected chi connectivity index (χ1v) is 14.0. The number of benzene rings is 1. The van der Waals surface area contributed by atoms with Crippen molar-refractivity contribution in [2.24, 2.45) is 7.05 Å². The van der Waals surface area contributed by atoms with E-state index >= 15 is 0 Å². The van der Waals surface area contributed by atoms with Crippen molar-refractivity contribution in [3.8, 4) is 0 Å². The first kappa shape index (κ1) is 23.8. The molecule has 0 radical (unpaired) electrons. The smallest absolute Gasteiger partial charge is 0.326 e. The summed E-state index contributed by atoms with van der Waals surface area (Å²) >= 11 is 0.908. The van der Waals surface area contributed by atoms with Crippen LogP contribution in [0.15, 0.2) is 50.5 Å². The number of hydrogen-bond acceptors (Lipinski definition) is 7. The summed E-state index contributed by atoms with van der Waals surface area (Å²) in [5, 5.41) is 7.06. The van der Waals surface area contributed by atoms with Gasteiger partial charge in [0.05, 0.1) is 31.1 Å². The van der Waals surface area contributed by atoms with Gasteiger partial charge in [-0.25, -0.2) is 17.9 Å². The largest absolute Gasteiger partial charge is 0.332 e. The average Bonchev–Trinajstić information content (AvgIpc) is 3.20. The molecule has 0 saturated heterocycles. The van der Waals surface area contributed by atoms with Gasteiger partial charge in [-0.1, -0.05) is 12.1 Å². The number of nitrogens with zero attached hydrogens (tertiary/aromatic N) is 4. The predicted octanol–water partition coefficient (Wildman–Crippen LogP) is 1.38. The molecule has 1 aromatic carbocycles. The Kier molecular flexibility index (Phi) is 5.30. The summed E-state index contributed by atoms with van der Waals surface area (Å²) in [6, 6.07) is 6.80. The Labute approximate surface area is 215 Å². The van der Waals surface area contributed by atoms with Crippen molar-refractivity contribution in [3.63, 3.8) is 0 Å². The Morgan fingerprint density at radius 1 is 1.11 bits per heavy atom. The number of amides is 1. The summed E-state index contributed by atoms with van der Waals surface area (Å²) < 4.78 is 33.1. The summed E-state index contributed by atoms with van der Waals surface area (Å²) in [6.45, 7) is 1.94. The molecule has 1 saturated carbocycles. The molecule has 11 nitrogen and oxygen atoms in total. The Bertz CT molecular complexity index is 1820. The maximum atomic E-state index is 13.7. The van der Waals surface area contributed by atoms with Crippen LogP contribution in [-0.4, -0.2) is 38.8 Å². The first-order chi connectivity index (χ1) is 17.5. The van der Waals surface area contributed by atoms with Gasteiger partial charge in [-0.15, -0.1) is 11.3 Å². The van der Waals surface area contributed by atoms with Crippen molar-refractivity contribution in [2.45, 2.75) is 49.0 Å². The number of carbonyl (C=O) groups is 1. The van der Waals surface area contributed by atoms with E-state index in [4.69, 9.17) is 0 Å². The molecule has 1 fully saturated rings. The lowest BCUT2D eigenvalue weighted by atomic mass is 10.1. The van der Waals surface area contributed by atoms with Crippen LogP contribution in [0.2, 0.25) is 0 Å². The Balaban J connectivity index is 1.50. The van der Waals surface area contributed by atoms with Gasteiger partial charge in [0, 0.05) is 30.0 Å². The monoisotopic (exact) mass is 540 g/mol. The quantitative estimate of drug-likeness (QED) is 0.363. The zero-order valence-electron chi connectivity index (χ0n) is 20.1. The standard InChI is InChI=1S/C24H24N6O5S2/c1-24(5-6-24)27-37(34,35)20-9-17-21(32)29(13-15-10-25-28(2)11-15)23(33)30(22(17)36-20)12-14-3-4-18-16(7-14)8-19(31)26-18/h3-4,7,9-11,27H,5-6,8,12-13H2,1-2H3,(H,26,31). The molecule has 13 heteroatoms. The third kappa shape index (κ3) is 4.32. The minimum absolute atomic E-state index is 0.00168. The molecule has 2 aliphatic rings. The summed E-state index contributed by atoms with van der Waals surface area (Å²) in [7, 11) is -2.13. The maximum absolute atomic E-state index is 13.7. The van der Waals surface area contributed by atoms with Crippen molar-refractivity contribution >= 4 is 43.2 Å². The minimum Gasteiger partial charge on any atom is -0.326 e. The van der Waals surface area contributed by atoms with Crippen LogP contribution in [0, 0.1) is 0 Å². The number of aromatic nitrogens is 4. The Morgan fingerprint density at radius 2 is 1.86 bits per heavy atom. The van der Waals surface area contributed by atoms with E-state index in [0.29, 0.717) is 5.56 Å². The van der Waals surface area contributed by atoms with Gasteiger partial charge in [-0.05, 0) is 43.0 Å². The highest BCUT2D eigenvalue weighted by Gasteiger charge is 2.41. The molecule has 4 heterocycles. The molecule has 37 heavy (non-hydrogen) atoms. The summed E-state index contributed by atoms with van der Waals surface area (Å²) in [5.74, 6) is -0.0957. The van der Waals surface area contributed by atoms with Gasteiger partial charge in [0.2, 0.25) is 5.91 Å². The second-order valence-corrected chi connectivity index (χ2v) is 12.9. The van der Waals surface area contributed by atoms with E-state index in [-0.39, 0.29) is 39.8 Å². The number of rotatable bonds is 7. The molecule has 1 aliphatic carbocycles. The van der Waals surface area contributed by atoms with Crippen molar-refractivity contribution in [1.29, 1.82) is 0 Å². The normalized spacial score (nSPS) is 16.2. The fourth-order valence-electron chi connectivity index (χ4n) is 4.55. The Hall–Kier alpha value is -3.55. The van der Waals surface area contributed by atoms with Gasteiger partial charge in [-0.3, -0.25) is 23.4 Å². The topological polar surface area (TPSA) is 137 Å². The number of anilines is 1. The molecule has 1 amide bonds. The Morgan fingerprint density at radius 3 is 2.57 bits per heavy atom. The second kappa shape index (κ2) is 8.23. The van der Waals surface area contributed by atoms with Crippen LogP contribution in [0.4, 0.5) is 5.69 Å². The van der Waals surface area contributed by atoms with E-state index in [2.05, 4.69) is 15.1 Å². The van der Waals surface area contributed by atoms with Crippen molar-refractivity contribution in [3.05, 3.63) is 74.2 Å². The lowest BCUT2D eigenvalue weighted by molar-refractivity contribution is -0.115. The summed E-state index contributed by atoms with van der Waals surface area (Å²) in [5.41, 5.74) is 1.39. The predicted molar refractivity (Wildman–Crippen MR) is 138 cm³/mol. The average molecular weight is 541 g/mol. The highest BCUT2D eigenvalue weighted by molar-refractivity contribution is 7.91. The molecule has 2 N–H and O–H groups in total. The van der Waals surface area contributed by atoms with E-state index in [0.717, 1.165) is 45.6 Å². The fourth-order valence-corrected chi connectivity index (χ4v) is 7.46. The molecule has 0 spiro atoms. The van der Waals surface area contributed by atoms with Gasteiger partial charge in [0.15, 0.2) is 0 Å². The summed E-state index contributed by atoms with van der Waals surface area (Å²) in [4.78, 5) is 39.2. The van der Waals surface area contributed by atoms with Gasteiger partial charge in [0.25, 0.3) is 15.6 Å². The fraction of sp³-hybridized carbons (Fsp3) is 0.333. The third-order valence-electron chi connectivity index (χ3n) is 6.75. The molecule has 4 aromatic rings. The van der Waals surface area contributed by atoms with E-state index in [9.17, 15) is 22.8 Å². The lowest BCUT2D eigenvalue weighted by Gasteiger charge is -2.12. The van der Waals surface area contributed by atoms with E-state index in [1.54, 1.807) is 36.3 Å². The molecule has 192 valence electrons. The number of carbonyl (C=O) groups excluding carboxylic acids is 1. The first-order valence-electron chi connectivity index (χ1n) is 11.7. The van der Waals surface area contributed by atoms with Crippen LogP contribution in [0.5, 0.6) is 0 Å². The van der Waals surface area contributed by atoms with Crippen LogP contribution >= 0.6 is 11.3 Å². The zero-order chi connectivity index (χ0) is 26.1. The van der Waals surface area contributed by atoms with E-state index in [1.165, 1.54) is 10.6 Å². The summed E-state index contributed by atoms with van der Waals surface area (Å²) in [6.07, 6.45) is 5.04. The number of thiophene rings is 1.